The summed E-state index contributed by atoms with van der Waals surface area (Å²) in [6.45, 7) is 3.95. The Kier molecular flexibility index (Phi) is 6.87. The van der Waals surface area contributed by atoms with Gasteiger partial charge in [0.1, 0.15) is 0 Å². The summed E-state index contributed by atoms with van der Waals surface area (Å²) < 4.78 is 33.7. The normalized spacial score (nSPS) is 15.4. The SMILES string of the molecule is CCn1c(O)c(N=NC(=O)CCc2ccc(S(=O)(=O)N3CCOCC3)cc2)c2ccccc21. The van der Waals surface area contributed by atoms with Crippen LogP contribution in [0.3, 0.4) is 0 Å². The second-order valence-electron chi connectivity index (χ2n) is 7.69. The van der Waals surface area contributed by atoms with Crippen molar-refractivity contribution in [1.29, 1.82) is 0 Å². The van der Waals surface area contributed by atoms with E-state index in [2.05, 4.69) is 10.2 Å². The Balaban J connectivity index is 1.40. The van der Waals surface area contributed by atoms with Crippen LogP contribution in [0.4, 0.5) is 5.69 Å². The summed E-state index contributed by atoms with van der Waals surface area (Å²) in [5, 5.41) is 19.0. The van der Waals surface area contributed by atoms with Crippen LogP contribution < -0.4 is 0 Å². The van der Waals surface area contributed by atoms with Gasteiger partial charge in [-0.15, -0.1) is 10.2 Å². The molecule has 1 saturated heterocycles. The number of amides is 1. The summed E-state index contributed by atoms with van der Waals surface area (Å²) in [5.41, 5.74) is 1.93. The van der Waals surface area contributed by atoms with E-state index < -0.39 is 15.9 Å². The molecule has 1 N–H and O–H groups in total. The number of para-hydroxylation sites is 1. The summed E-state index contributed by atoms with van der Waals surface area (Å²) >= 11 is 0. The maximum absolute atomic E-state index is 12.7. The van der Waals surface area contributed by atoms with E-state index in [9.17, 15) is 18.3 Å². The first-order valence-corrected chi connectivity index (χ1v) is 12.3. The van der Waals surface area contributed by atoms with Crippen LogP contribution in [0.5, 0.6) is 5.88 Å². The summed E-state index contributed by atoms with van der Waals surface area (Å²) in [6, 6.07) is 13.9. The molecule has 1 aromatic heterocycles. The Morgan fingerprint density at radius 1 is 1.09 bits per heavy atom. The van der Waals surface area contributed by atoms with E-state index in [4.69, 9.17) is 4.74 Å². The number of fused-ring (bicyclic) bond motifs is 1. The maximum Gasteiger partial charge on any atom is 0.265 e. The first-order valence-electron chi connectivity index (χ1n) is 10.8. The van der Waals surface area contributed by atoms with Crippen molar-refractivity contribution in [3.63, 3.8) is 0 Å². The third kappa shape index (κ3) is 4.82. The van der Waals surface area contributed by atoms with E-state index >= 15 is 0 Å². The van der Waals surface area contributed by atoms with Crippen LogP contribution in [0, 0.1) is 0 Å². The Morgan fingerprint density at radius 2 is 1.79 bits per heavy atom. The molecule has 1 fully saturated rings. The van der Waals surface area contributed by atoms with Crippen molar-refractivity contribution < 1.29 is 23.1 Å². The first kappa shape index (κ1) is 23.1. The van der Waals surface area contributed by atoms with E-state index in [0.29, 0.717) is 39.3 Å². The van der Waals surface area contributed by atoms with Crippen molar-refractivity contribution in [2.24, 2.45) is 10.2 Å². The van der Waals surface area contributed by atoms with Crippen molar-refractivity contribution in [3.8, 4) is 5.88 Å². The molecule has 2 heterocycles. The average Bonchev–Trinajstić information content (AvgIpc) is 3.12. The fourth-order valence-electron chi connectivity index (χ4n) is 3.86. The van der Waals surface area contributed by atoms with Crippen LogP contribution in [-0.2, 0) is 32.5 Å². The van der Waals surface area contributed by atoms with Crippen LogP contribution >= 0.6 is 0 Å². The summed E-state index contributed by atoms with van der Waals surface area (Å²) in [4.78, 5) is 12.5. The highest BCUT2D eigenvalue weighted by Gasteiger charge is 2.26. The molecule has 0 unspecified atom stereocenters. The number of benzene rings is 2. The topological polar surface area (TPSA) is 114 Å². The van der Waals surface area contributed by atoms with Crippen LogP contribution in [0.25, 0.3) is 10.9 Å². The molecular weight excluding hydrogens is 444 g/mol. The van der Waals surface area contributed by atoms with Gasteiger partial charge >= 0.3 is 0 Å². The summed E-state index contributed by atoms with van der Waals surface area (Å²) in [5.74, 6) is -0.444. The van der Waals surface area contributed by atoms with Crippen molar-refractivity contribution in [1.82, 2.24) is 8.87 Å². The van der Waals surface area contributed by atoms with E-state index in [1.165, 1.54) is 4.31 Å². The lowest BCUT2D eigenvalue weighted by Gasteiger charge is -2.26. The molecule has 1 aliphatic rings. The largest absolute Gasteiger partial charge is 0.493 e. The van der Waals surface area contributed by atoms with E-state index in [-0.39, 0.29) is 22.9 Å². The van der Waals surface area contributed by atoms with Crippen LogP contribution in [-0.4, -0.2) is 54.6 Å². The Morgan fingerprint density at radius 3 is 2.48 bits per heavy atom. The number of aryl methyl sites for hydroxylation is 2. The van der Waals surface area contributed by atoms with Gasteiger partial charge in [0, 0.05) is 31.4 Å². The number of nitrogens with zero attached hydrogens (tertiary/aromatic N) is 4. The molecule has 1 amide bonds. The number of hydrogen-bond acceptors (Lipinski definition) is 6. The first-order chi connectivity index (χ1) is 15.9. The number of hydrogen-bond donors (Lipinski definition) is 1. The number of ether oxygens (including phenoxy) is 1. The highest BCUT2D eigenvalue weighted by molar-refractivity contribution is 7.89. The monoisotopic (exact) mass is 470 g/mol. The van der Waals surface area contributed by atoms with Crippen LogP contribution in [0.1, 0.15) is 18.9 Å². The van der Waals surface area contributed by atoms with Crippen molar-refractivity contribution in [3.05, 3.63) is 54.1 Å². The Hall–Kier alpha value is -3.08. The Bertz CT molecular complexity index is 1280. The molecule has 3 aromatic rings. The van der Waals surface area contributed by atoms with Gasteiger partial charge in [0.25, 0.3) is 5.91 Å². The molecule has 2 aromatic carbocycles. The predicted molar refractivity (Wildman–Crippen MR) is 123 cm³/mol. The molecule has 10 heteroatoms. The fourth-order valence-corrected chi connectivity index (χ4v) is 5.27. The minimum Gasteiger partial charge on any atom is -0.493 e. The molecule has 0 bridgehead atoms. The zero-order valence-corrected chi connectivity index (χ0v) is 19.2. The minimum atomic E-state index is -3.54. The van der Waals surface area contributed by atoms with Gasteiger partial charge in [0.05, 0.1) is 23.6 Å². The summed E-state index contributed by atoms with van der Waals surface area (Å²) in [6.07, 6.45) is 0.519. The second-order valence-corrected chi connectivity index (χ2v) is 9.63. The quantitative estimate of drug-likeness (QED) is 0.530. The molecule has 0 atom stereocenters. The lowest BCUT2D eigenvalue weighted by molar-refractivity contribution is -0.118. The molecule has 0 spiro atoms. The molecular formula is C23H26N4O5S. The molecule has 0 saturated carbocycles. The van der Waals surface area contributed by atoms with Crippen molar-refractivity contribution >= 4 is 32.5 Å². The fraction of sp³-hybridized carbons (Fsp3) is 0.348. The van der Waals surface area contributed by atoms with Gasteiger partial charge < -0.3 is 14.4 Å². The van der Waals surface area contributed by atoms with E-state index in [1.54, 1.807) is 28.8 Å². The smallest absolute Gasteiger partial charge is 0.265 e. The van der Waals surface area contributed by atoms with Crippen molar-refractivity contribution in [2.75, 3.05) is 26.3 Å². The van der Waals surface area contributed by atoms with Gasteiger partial charge in [-0.05, 0) is 37.1 Å². The van der Waals surface area contributed by atoms with Gasteiger partial charge in [0.15, 0.2) is 5.69 Å². The molecule has 0 radical (unpaired) electrons. The molecule has 4 rings (SSSR count). The Labute approximate surface area is 192 Å². The number of aromatic nitrogens is 1. The number of carbonyl (C=O) groups is 1. The molecule has 0 aliphatic carbocycles. The maximum atomic E-state index is 12.7. The molecule has 174 valence electrons. The average molecular weight is 471 g/mol. The predicted octanol–water partition coefficient (Wildman–Crippen LogP) is 3.63. The van der Waals surface area contributed by atoms with Crippen LogP contribution in [0.2, 0.25) is 0 Å². The van der Waals surface area contributed by atoms with Crippen LogP contribution in [0.15, 0.2) is 63.7 Å². The zero-order chi connectivity index (χ0) is 23.4. The number of aromatic hydroxyl groups is 1. The highest BCUT2D eigenvalue weighted by atomic mass is 32.2. The van der Waals surface area contributed by atoms with Gasteiger partial charge in [0.2, 0.25) is 15.9 Å². The number of azo groups is 1. The van der Waals surface area contributed by atoms with Crippen molar-refractivity contribution in [2.45, 2.75) is 31.2 Å². The van der Waals surface area contributed by atoms with Gasteiger partial charge in [-0.1, -0.05) is 30.3 Å². The lowest BCUT2D eigenvalue weighted by Crippen LogP contribution is -2.40. The van der Waals surface area contributed by atoms with Gasteiger partial charge in [-0.3, -0.25) is 4.79 Å². The molecule has 1 aliphatic heterocycles. The van der Waals surface area contributed by atoms with Gasteiger partial charge in [-0.2, -0.15) is 4.31 Å². The summed E-state index contributed by atoms with van der Waals surface area (Å²) in [7, 11) is -3.54. The number of sulfonamides is 1. The second kappa shape index (κ2) is 9.82. The standard InChI is InChI=1S/C23H26N4O5S/c1-2-27-20-6-4-3-5-19(20)22(23(27)29)25-24-21(28)12-9-17-7-10-18(11-8-17)33(30,31)26-13-15-32-16-14-26/h3-8,10-11,29H,2,9,12-16H2,1H3. The zero-order valence-electron chi connectivity index (χ0n) is 18.3. The van der Waals surface area contributed by atoms with Gasteiger partial charge in [-0.25, -0.2) is 8.42 Å². The highest BCUT2D eigenvalue weighted by Crippen LogP contribution is 2.38. The molecule has 33 heavy (non-hydrogen) atoms. The number of morpholine rings is 1. The minimum absolute atomic E-state index is 0.0210. The molecule has 9 nitrogen and oxygen atoms in total. The van der Waals surface area contributed by atoms with E-state index in [1.807, 2.05) is 31.2 Å². The number of carbonyl (C=O) groups excluding carboxylic acids is 1. The third-order valence-electron chi connectivity index (χ3n) is 5.65. The third-order valence-corrected chi connectivity index (χ3v) is 7.57. The lowest BCUT2D eigenvalue weighted by atomic mass is 10.1. The van der Waals surface area contributed by atoms with E-state index in [0.717, 1.165) is 16.5 Å². The number of rotatable bonds is 7.